The zero-order valence-corrected chi connectivity index (χ0v) is 27.7. The van der Waals surface area contributed by atoms with E-state index in [4.69, 9.17) is 11.6 Å². The van der Waals surface area contributed by atoms with E-state index in [0.29, 0.717) is 22.7 Å². The van der Waals surface area contributed by atoms with Crippen LogP contribution in [0.25, 0.3) is 0 Å². The average Bonchev–Trinajstić information content (AvgIpc) is 3.01. The molecule has 0 bridgehead atoms. The number of aryl methyl sites for hydroxylation is 2. The molecule has 45 heavy (non-hydrogen) atoms. The molecule has 0 saturated heterocycles. The lowest BCUT2D eigenvalue weighted by molar-refractivity contribution is -0.140. The summed E-state index contributed by atoms with van der Waals surface area (Å²) in [6, 6.07) is 29.2. The number of para-hydroxylation sites is 1. The number of benzene rings is 4. The van der Waals surface area contributed by atoms with Crippen molar-refractivity contribution in [3.8, 4) is 0 Å². The van der Waals surface area contributed by atoms with Crippen LogP contribution in [0.3, 0.4) is 0 Å². The van der Waals surface area contributed by atoms with Crippen molar-refractivity contribution in [2.45, 2.75) is 64.1 Å². The minimum atomic E-state index is -4.17. The first-order valence-corrected chi connectivity index (χ1v) is 16.9. The molecule has 0 saturated carbocycles. The molecule has 9 heteroatoms. The molecule has 0 unspecified atom stereocenters. The fourth-order valence-electron chi connectivity index (χ4n) is 5.17. The normalized spacial score (nSPS) is 12.0. The van der Waals surface area contributed by atoms with Gasteiger partial charge in [0.1, 0.15) is 12.6 Å². The summed E-state index contributed by atoms with van der Waals surface area (Å²) in [7, 11) is -4.17. The Hall–Kier alpha value is -4.14. The van der Waals surface area contributed by atoms with Crippen molar-refractivity contribution in [2.75, 3.05) is 10.8 Å². The fourth-order valence-corrected chi connectivity index (χ4v) is 6.84. The Balaban J connectivity index is 1.83. The Bertz CT molecular complexity index is 1710. The van der Waals surface area contributed by atoms with Crippen molar-refractivity contribution in [2.24, 2.45) is 0 Å². The predicted molar refractivity (Wildman–Crippen MR) is 181 cm³/mol. The second-order valence-corrected chi connectivity index (χ2v) is 13.6. The Labute approximate surface area is 271 Å². The molecule has 0 aromatic heterocycles. The number of nitrogens with zero attached hydrogens (tertiary/aromatic N) is 2. The molecule has 4 aromatic carbocycles. The minimum Gasteiger partial charge on any atom is -0.352 e. The second-order valence-electron chi connectivity index (χ2n) is 11.3. The molecule has 236 valence electrons. The molecule has 7 nitrogen and oxygen atoms in total. The maximum atomic E-state index is 14.6. The van der Waals surface area contributed by atoms with E-state index in [9.17, 15) is 18.0 Å². The standard InChI is InChI=1S/C36H40ClN3O4S/c1-5-30-15-9-10-17-33(30)40(45(43,44)32-20-18-27(4)19-21-32)25-35(41)39(24-29-14-11-16-31(37)22-29)34(36(42)38-26(2)3)23-28-12-7-6-8-13-28/h6-22,26,34H,5,23-25H2,1-4H3,(H,38,42)/t34-/m1/s1. The molecule has 2 amide bonds. The van der Waals surface area contributed by atoms with Crippen molar-refractivity contribution >= 4 is 39.1 Å². The van der Waals surface area contributed by atoms with E-state index in [1.165, 1.54) is 9.21 Å². The van der Waals surface area contributed by atoms with E-state index in [0.717, 1.165) is 16.7 Å². The monoisotopic (exact) mass is 645 g/mol. The summed E-state index contributed by atoms with van der Waals surface area (Å²) >= 11 is 6.31. The lowest BCUT2D eigenvalue weighted by Gasteiger charge is -2.34. The van der Waals surface area contributed by atoms with Gasteiger partial charge in [-0.05, 0) is 74.2 Å². The summed E-state index contributed by atoms with van der Waals surface area (Å²) < 4.78 is 29.7. The SMILES string of the molecule is CCc1ccccc1N(CC(=O)N(Cc1cccc(Cl)c1)[C@H](Cc1ccccc1)C(=O)NC(C)C)S(=O)(=O)c1ccc(C)cc1. The third kappa shape index (κ3) is 8.74. The lowest BCUT2D eigenvalue weighted by Crippen LogP contribution is -2.54. The Kier molecular flexibility index (Phi) is 11.4. The van der Waals surface area contributed by atoms with Crippen LogP contribution < -0.4 is 9.62 Å². The third-order valence-electron chi connectivity index (χ3n) is 7.47. The number of sulfonamides is 1. The molecule has 0 spiro atoms. The maximum Gasteiger partial charge on any atom is 0.264 e. The van der Waals surface area contributed by atoms with E-state index in [2.05, 4.69) is 5.32 Å². The van der Waals surface area contributed by atoms with Crippen LogP contribution in [-0.4, -0.2) is 43.8 Å². The number of carbonyl (C=O) groups is 2. The quantitative estimate of drug-likeness (QED) is 0.178. The van der Waals surface area contributed by atoms with Crippen LogP contribution in [0.1, 0.15) is 43.0 Å². The van der Waals surface area contributed by atoms with Crippen LogP contribution >= 0.6 is 11.6 Å². The zero-order valence-electron chi connectivity index (χ0n) is 26.1. The smallest absolute Gasteiger partial charge is 0.264 e. The molecule has 0 radical (unpaired) electrons. The van der Waals surface area contributed by atoms with Gasteiger partial charge in [0.05, 0.1) is 10.6 Å². The van der Waals surface area contributed by atoms with Gasteiger partial charge < -0.3 is 10.2 Å². The Morgan fingerprint density at radius 3 is 2.13 bits per heavy atom. The zero-order chi connectivity index (χ0) is 32.6. The summed E-state index contributed by atoms with van der Waals surface area (Å²) in [5, 5.41) is 3.46. The van der Waals surface area contributed by atoms with Gasteiger partial charge in [0.25, 0.3) is 10.0 Å². The highest BCUT2D eigenvalue weighted by Crippen LogP contribution is 2.29. The highest BCUT2D eigenvalue weighted by Gasteiger charge is 2.35. The summed E-state index contributed by atoms with van der Waals surface area (Å²) in [6.07, 6.45) is 0.798. The van der Waals surface area contributed by atoms with E-state index in [-0.39, 0.29) is 29.8 Å². The topological polar surface area (TPSA) is 86.8 Å². The van der Waals surface area contributed by atoms with Gasteiger partial charge in [-0.25, -0.2) is 8.42 Å². The molecular weight excluding hydrogens is 606 g/mol. The summed E-state index contributed by atoms with van der Waals surface area (Å²) in [5.41, 5.74) is 3.70. The Morgan fingerprint density at radius 1 is 0.844 bits per heavy atom. The lowest BCUT2D eigenvalue weighted by atomic mass is 10.0. The number of hydrogen-bond acceptors (Lipinski definition) is 4. The van der Waals surface area contributed by atoms with Crippen molar-refractivity contribution < 1.29 is 18.0 Å². The van der Waals surface area contributed by atoms with Gasteiger partial charge in [-0.3, -0.25) is 13.9 Å². The molecule has 1 N–H and O–H groups in total. The van der Waals surface area contributed by atoms with Crippen LogP contribution in [0.15, 0.2) is 108 Å². The van der Waals surface area contributed by atoms with Gasteiger partial charge in [-0.2, -0.15) is 0 Å². The first-order chi connectivity index (χ1) is 21.5. The molecule has 4 rings (SSSR count). The largest absolute Gasteiger partial charge is 0.352 e. The number of amides is 2. The van der Waals surface area contributed by atoms with Gasteiger partial charge in [0, 0.05) is 24.0 Å². The van der Waals surface area contributed by atoms with E-state index < -0.39 is 28.5 Å². The van der Waals surface area contributed by atoms with Crippen molar-refractivity contribution in [1.82, 2.24) is 10.2 Å². The molecule has 0 aliphatic carbocycles. The van der Waals surface area contributed by atoms with Gasteiger partial charge in [-0.15, -0.1) is 0 Å². The van der Waals surface area contributed by atoms with Crippen LogP contribution in [0.5, 0.6) is 0 Å². The Morgan fingerprint density at radius 2 is 1.49 bits per heavy atom. The van der Waals surface area contributed by atoms with Gasteiger partial charge in [0.15, 0.2) is 0 Å². The average molecular weight is 646 g/mol. The fraction of sp³-hybridized carbons (Fsp3) is 0.278. The van der Waals surface area contributed by atoms with Crippen molar-refractivity contribution in [3.05, 3.63) is 130 Å². The summed E-state index contributed by atoms with van der Waals surface area (Å²) in [6.45, 7) is 7.09. The van der Waals surface area contributed by atoms with E-state index >= 15 is 0 Å². The molecule has 4 aromatic rings. The number of carbonyl (C=O) groups excluding carboxylic acids is 2. The van der Waals surface area contributed by atoms with Crippen molar-refractivity contribution in [3.63, 3.8) is 0 Å². The molecule has 0 heterocycles. The first kappa shape index (κ1) is 33.7. The molecule has 0 aliphatic rings. The molecule has 0 aliphatic heterocycles. The van der Waals surface area contributed by atoms with Gasteiger partial charge in [0.2, 0.25) is 11.8 Å². The molecule has 0 fully saturated rings. The third-order valence-corrected chi connectivity index (χ3v) is 9.48. The molecule has 1 atom stereocenters. The van der Waals surface area contributed by atoms with Crippen LogP contribution in [0, 0.1) is 6.92 Å². The number of rotatable bonds is 13. The highest BCUT2D eigenvalue weighted by molar-refractivity contribution is 7.92. The highest BCUT2D eigenvalue weighted by atomic mass is 35.5. The number of hydrogen-bond donors (Lipinski definition) is 1. The van der Waals surface area contributed by atoms with E-state index in [1.807, 2.05) is 76.2 Å². The van der Waals surface area contributed by atoms with Gasteiger partial charge >= 0.3 is 0 Å². The van der Waals surface area contributed by atoms with Crippen LogP contribution in [0.2, 0.25) is 5.02 Å². The van der Waals surface area contributed by atoms with Crippen LogP contribution in [0.4, 0.5) is 5.69 Å². The summed E-state index contributed by atoms with van der Waals surface area (Å²) in [4.78, 5) is 29.9. The maximum absolute atomic E-state index is 14.6. The van der Waals surface area contributed by atoms with Crippen molar-refractivity contribution in [1.29, 1.82) is 0 Å². The van der Waals surface area contributed by atoms with Crippen LogP contribution in [-0.2, 0) is 39.0 Å². The predicted octanol–water partition coefficient (Wildman–Crippen LogP) is 6.57. The first-order valence-electron chi connectivity index (χ1n) is 15.0. The van der Waals surface area contributed by atoms with E-state index in [1.54, 1.807) is 54.6 Å². The number of halogens is 1. The van der Waals surface area contributed by atoms with Gasteiger partial charge in [-0.1, -0.05) is 96.9 Å². The second kappa shape index (κ2) is 15.2. The number of anilines is 1. The number of nitrogens with one attached hydrogen (secondary N) is 1. The molecular formula is C36H40ClN3O4S. The minimum absolute atomic E-state index is 0.0518. The summed E-state index contributed by atoms with van der Waals surface area (Å²) in [5.74, 6) is -0.845.